The van der Waals surface area contributed by atoms with E-state index in [2.05, 4.69) is 35.4 Å². The number of aryl methyl sites for hydroxylation is 3. The fourth-order valence-corrected chi connectivity index (χ4v) is 1.67. The highest BCUT2D eigenvalue weighted by atomic mass is 15.3. The summed E-state index contributed by atoms with van der Waals surface area (Å²) in [5.74, 6) is 0.920. The van der Waals surface area contributed by atoms with Crippen molar-refractivity contribution in [1.29, 1.82) is 0 Å². The summed E-state index contributed by atoms with van der Waals surface area (Å²) in [4.78, 5) is 0. The molecular formula is C11H17N5. The molecule has 0 aliphatic rings. The van der Waals surface area contributed by atoms with Crippen LogP contribution in [-0.4, -0.2) is 19.6 Å². The average molecular weight is 219 g/mol. The Morgan fingerprint density at radius 2 is 2.25 bits per heavy atom. The molecule has 0 aliphatic heterocycles. The molecule has 5 nitrogen and oxygen atoms in total. The normalized spacial score (nSPS) is 10.7. The molecule has 2 rings (SSSR count). The molecule has 16 heavy (non-hydrogen) atoms. The number of nitrogens with zero attached hydrogens (tertiary/aromatic N) is 4. The average Bonchev–Trinajstić information content (AvgIpc) is 2.82. The van der Waals surface area contributed by atoms with Crippen molar-refractivity contribution in [1.82, 2.24) is 19.6 Å². The van der Waals surface area contributed by atoms with Crippen LogP contribution in [0.15, 0.2) is 18.5 Å². The zero-order valence-electron chi connectivity index (χ0n) is 9.94. The molecule has 0 bridgehead atoms. The minimum Gasteiger partial charge on any atom is -0.364 e. The predicted octanol–water partition coefficient (Wildman–Crippen LogP) is 1.56. The van der Waals surface area contributed by atoms with Gasteiger partial charge in [-0.2, -0.15) is 10.2 Å². The van der Waals surface area contributed by atoms with E-state index in [4.69, 9.17) is 0 Å². The monoisotopic (exact) mass is 219 g/mol. The number of aromatic nitrogens is 4. The molecule has 0 unspecified atom stereocenters. The fourth-order valence-electron chi connectivity index (χ4n) is 1.67. The smallest absolute Gasteiger partial charge is 0.148 e. The van der Waals surface area contributed by atoms with Gasteiger partial charge in [0.25, 0.3) is 0 Å². The summed E-state index contributed by atoms with van der Waals surface area (Å²) in [6.45, 7) is 5.81. The van der Waals surface area contributed by atoms with E-state index < -0.39 is 0 Å². The first kappa shape index (κ1) is 10.7. The van der Waals surface area contributed by atoms with Gasteiger partial charge in [-0.25, -0.2) is 0 Å². The van der Waals surface area contributed by atoms with Crippen molar-refractivity contribution in [2.24, 2.45) is 7.05 Å². The molecule has 2 aromatic heterocycles. The Labute approximate surface area is 95.1 Å². The van der Waals surface area contributed by atoms with Gasteiger partial charge < -0.3 is 5.32 Å². The molecule has 0 radical (unpaired) electrons. The third kappa shape index (κ3) is 2.24. The first-order valence-electron chi connectivity index (χ1n) is 5.45. The maximum Gasteiger partial charge on any atom is 0.148 e. The van der Waals surface area contributed by atoms with E-state index in [1.807, 2.05) is 24.1 Å². The van der Waals surface area contributed by atoms with Gasteiger partial charge >= 0.3 is 0 Å². The SMILES string of the molecule is CCn1nc(NCc2cnn(C)c2)cc1C. The Morgan fingerprint density at radius 1 is 1.44 bits per heavy atom. The zero-order chi connectivity index (χ0) is 11.5. The summed E-state index contributed by atoms with van der Waals surface area (Å²) >= 11 is 0. The van der Waals surface area contributed by atoms with Gasteiger partial charge in [-0.15, -0.1) is 0 Å². The van der Waals surface area contributed by atoms with Crippen molar-refractivity contribution < 1.29 is 0 Å². The summed E-state index contributed by atoms with van der Waals surface area (Å²) in [7, 11) is 1.92. The van der Waals surface area contributed by atoms with Crippen LogP contribution in [0.25, 0.3) is 0 Å². The van der Waals surface area contributed by atoms with E-state index in [1.54, 1.807) is 4.68 Å². The molecule has 0 atom stereocenters. The molecule has 0 saturated heterocycles. The van der Waals surface area contributed by atoms with Crippen molar-refractivity contribution in [3.05, 3.63) is 29.7 Å². The summed E-state index contributed by atoms with van der Waals surface area (Å²) in [5, 5.41) is 11.8. The molecule has 5 heteroatoms. The van der Waals surface area contributed by atoms with Gasteiger partial charge in [-0.1, -0.05) is 0 Å². The lowest BCUT2D eigenvalue weighted by molar-refractivity contribution is 0.641. The molecule has 2 heterocycles. The number of rotatable bonds is 4. The van der Waals surface area contributed by atoms with Gasteiger partial charge in [0.05, 0.1) is 6.20 Å². The second-order valence-corrected chi connectivity index (χ2v) is 3.86. The van der Waals surface area contributed by atoms with Crippen LogP contribution in [0.5, 0.6) is 0 Å². The van der Waals surface area contributed by atoms with Crippen molar-refractivity contribution in [3.8, 4) is 0 Å². The van der Waals surface area contributed by atoms with Crippen molar-refractivity contribution in [2.45, 2.75) is 26.9 Å². The van der Waals surface area contributed by atoms with Gasteiger partial charge in [0.15, 0.2) is 0 Å². The van der Waals surface area contributed by atoms with E-state index in [9.17, 15) is 0 Å². The van der Waals surface area contributed by atoms with E-state index >= 15 is 0 Å². The number of hydrogen-bond acceptors (Lipinski definition) is 3. The lowest BCUT2D eigenvalue weighted by Crippen LogP contribution is -2.02. The van der Waals surface area contributed by atoms with Crippen molar-refractivity contribution in [2.75, 3.05) is 5.32 Å². The predicted molar refractivity (Wildman–Crippen MR) is 63.2 cm³/mol. The van der Waals surface area contributed by atoms with Crippen LogP contribution in [0.3, 0.4) is 0 Å². The molecule has 0 fully saturated rings. The summed E-state index contributed by atoms with van der Waals surface area (Å²) in [5.41, 5.74) is 2.34. The van der Waals surface area contributed by atoms with Gasteiger partial charge in [0.2, 0.25) is 0 Å². The topological polar surface area (TPSA) is 47.7 Å². The Morgan fingerprint density at radius 3 is 2.81 bits per heavy atom. The molecule has 0 saturated carbocycles. The van der Waals surface area contributed by atoms with Crippen LogP contribution >= 0.6 is 0 Å². The lowest BCUT2D eigenvalue weighted by Gasteiger charge is -1.99. The number of anilines is 1. The van der Waals surface area contributed by atoms with Gasteiger partial charge in [-0.05, 0) is 13.8 Å². The molecular weight excluding hydrogens is 202 g/mol. The third-order valence-electron chi connectivity index (χ3n) is 2.51. The van der Waals surface area contributed by atoms with Crippen LogP contribution in [-0.2, 0) is 20.1 Å². The Balaban J connectivity index is 1.99. The summed E-state index contributed by atoms with van der Waals surface area (Å²) in [6.07, 6.45) is 3.85. The van der Waals surface area contributed by atoms with Crippen LogP contribution in [0.4, 0.5) is 5.82 Å². The standard InChI is InChI=1S/C11H17N5/c1-4-16-9(2)5-11(14-16)12-6-10-7-13-15(3)8-10/h5,7-8H,4,6H2,1-3H3,(H,12,14). The lowest BCUT2D eigenvalue weighted by atomic mass is 10.3. The zero-order valence-corrected chi connectivity index (χ0v) is 9.94. The van der Waals surface area contributed by atoms with Crippen LogP contribution in [0.1, 0.15) is 18.2 Å². The van der Waals surface area contributed by atoms with Crippen LogP contribution in [0.2, 0.25) is 0 Å². The maximum atomic E-state index is 4.43. The molecule has 1 N–H and O–H groups in total. The Hall–Kier alpha value is -1.78. The highest BCUT2D eigenvalue weighted by Crippen LogP contribution is 2.09. The van der Waals surface area contributed by atoms with Gasteiger partial charge in [-0.3, -0.25) is 9.36 Å². The minimum atomic E-state index is 0.758. The number of nitrogens with one attached hydrogen (secondary N) is 1. The van der Waals surface area contributed by atoms with Crippen molar-refractivity contribution in [3.63, 3.8) is 0 Å². The largest absolute Gasteiger partial charge is 0.364 e. The Kier molecular flexibility index (Phi) is 2.94. The second-order valence-electron chi connectivity index (χ2n) is 3.86. The highest BCUT2D eigenvalue weighted by Gasteiger charge is 2.02. The highest BCUT2D eigenvalue weighted by molar-refractivity contribution is 5.36. The quantitative estimate of drug-likeness (QED) is 0.848. The van der Waals surface area contributed by atoms with E-state index in [0.29, 0.717) is 0 Å². The van der Waals surface area contributed by atoms with Crippen molar-refractivity contribution >= 4 is 5.82 Å². The summed E-state index contributed by atoms with van der Waals surface area (Å²) < 4.78 is 3.78. The van der Waals surface area contributed by atoms with Crippen LogP contribution in [0, 0.1) is 6.92 Å². The molecule has 0 spiro atoms. The molecule has 0 aromatic carbocycles. The minimum absolute atomic E-state index is 0.758. The van der Waals surface area contributed by atoms with E-state index in [0.717, 1.165) is 24.5 Å². The van der Waals surface area contributed by atoms with E-state index in [-0.39, 0.29) is 0 Å². The van der Waals surface area contributed by atoms with Gasteiger partial charge in [0, 0.05) is 43.7 Å². The first-order chi connectivity index (χ1) is 7.69. The number of hydrogen-bond donors (Lipinski definition) is 1. The summed E-state index contributed by atoms with van der Waals surface area (Å²) in [6, 6.07) is 2.06. The molecule has 0 aliphatic carbocycles. The molecule has 86 valence electrons. The Bertz CT molecular complexity index is 468. The third-order valence-corrected chi connectivity index (χ3v) is 2.51. The molecule has 2 aromatic rings. The first-order valence-corrected chi connectivity index (χ1v) is 5.45. The van der Waals surface area contributed by atoms with Crippen LogP contribution < -0.4 is 5.32 Å². The van der Waals surface area contributed by atoms with Gasteiger partial charge in [0.1, 0.15) is 5.82 Å². The van der Waals surface area contributed by atoms with E-state index in [1.165, 1.54) is 5.69 Å². The second kappa shape index (κ2) is 4.38. The molecule has 0 amide bonds. The fraction of sp³-hybridized carbons (Fsp3) is 0.455. The maximum absolute atomic E-state index is 4.43.